The molecule has 0 radical (unpaired) electrons. The van der Waals surface area contributed by atoms with Gasteiger partial charge in [-0.1, -0.05) is 43.5 Å². The molecule has 0 N–H and O–H groups in total. The van der Waals surface area contributed by atoms with Crippen LogP contribution in [0.2, 0.25) is 0 Å². The first-order valence-corrected chi connectivity index (χ1v) is 10.7. The Balaban J connectivity index is 1.49. The van der Waals surface area contributed by atoms with E-state index in [2.05, 4.69) is 4.90 Å². The number of hydrogen-bond donors (Lipinski definition) is 0. The van der Waals surface area contributed by atoms with E-state index < -0.39 is 0 Å². The number of hydrogen-bond acceptors (Lipinski definition) is 2. The van der Waals surface area contributed by atoms with Crippen molar-refractivity contribution in [1.82, 2.24) is 9.80 Å². The number of piperazine rings is 1. The van der Waals surface area contributed by atoms with Crippen molar-refractivity contribution >= 4 is 5.91 Å². The maximum absolute atomic E-state index is 13.5. The highest BCUT2D eigenvalue weighted by Gasteiger charge is 2.31. The van der Waals surface area contributed by atoms with Crippen molar-refractivity contribution in [2.75, 3.05) is 26.2 Å². The predicted octanol–water partition coefficient (Wildman–Crippen LogP) is 4.78. The van der Waals surface area contributed by atoms with Gasteiger partial charge in [-0.05, 0) is 48.2 Å². The topological polar surface area (TPSA) is 23.6 Å². The van der Waals surface area contributed by atoms with Gasteiger partial charge in [0.25, 0.3) is 0 Å². The van der Waals surface area contributed by atoms with Gasteiger partial charge in [-0.25, -0.2) is 8.78 Å². The van der Waals surface area contributed by atoms with E-state index >= 15 is 0 Å². The molecular weight excluding hydrogens is 370 g/mol. The minimum Gasteiger partial charge on any atom is -0.340 e. The van der Waals surface area contributed by atoms with Crippen molar-refractivity contribution in [3.8, 4) is 0 Å². The zero-order chi connectivity index (χ0) is 20.2. The zero-order valence-corrected chi connectivity index (χ0v) is 16.7. The van der Waals surface area contributed by atoms with Gasteiger partial charge in [-0.2, -0.15) is 0 Å². The minimum atomic E-state index is -0.269. The first-order valence-electron chi connectivity index (χ1n) is 10.7. The summed E-state index contributed by atoms with van der Waals surface area (Å²) in [7, 11) is 0. The van der Waals surface area contributed by atoms with Crippen LogP contribution in [0.5, 0.6) is 0 Å². The Morgan fingerprint density at radius 2 is 1.24 bits per heavy atom. The highest BCUT2D eigenvalue weighted by atomic mass is 19.1. The molecule has 154 valence electrons. The van der Waals surface area contributed by atoms with Crippen molar-refractivity contribution in [1.29, 1.82) is 0 Å². The second-order valence-corrected chi connectivity index (χ2v) is 8.20. The summed E-state index contributed by atoms with van der Waals surface area (Å²) >= 11 is 0. The summed E-state index contributed by atoms with van der Waals surface area (Å²) in [6.07, 6.45) is 5.61. The number of halogens is 2. The van der Waals surface area contributed by atoms with Crippen LogP contribution >= 0.6 is 0 Å². The summed E-state index contributed by atoms with van der Waals surface area (Å²) in [5, 5.41) is 0. The largest absolute Gasteiger partial charge is 0.340 e. The van der Waals surface area contributed by atoms with Gasteiger partial charge >= 0.3 is 0 Å². The maximum Gasteiger partial charge on any atom is 0.225 e. The van der Waals surface area contributed by atoms with Crippen LogP contribution in [0, 0.1) is 17.6 Å². The number of amides is 1. The Labute approximate surface area is 171 Å². The number of carbonyl (C=O) groups excluding carboxylic acids is 1. The van der Waals surface area contributed by atoms with E-state index in [1.54, 1.807) is 24.3 Å². The lowest BCUT2D eigenvalue weighted by Gasteiger charge is -2.41. The molecule has 1 amide bonds. The zero-order valence-electron chi connectivity index (χ0n) is 16.7. The molecule has 1 aliphatic heterocycles. The molecule has 4 rings (SSSR count). The summed E-state index contributed by atoms with van der Waals surface area (Å²) in [4.78, 5) is 17.2. The van der Waals surface area contributed by atoms with E-state index in [4.69, 9.17) is 0 Å². The summed E-state index contributed by atoms with van der Waals surface area (Å²) in [6.45, 7) is 2.90. The SMILES string of the molecule is O=C(C1CCCCC1)N1CCN(C(c2ccc(F)cc2)c2ccc(F)cc2)CC1. The van der Waals surface area contributed by atoms with Gasteiger partial charge in [0.15, 0.2) is 0 Å². The molecule has 0 bridgehead atoms. The van der Waals surface area contributed by atoms with Crippen LogP contribution in [0.3, 0.4) is 0 Å². The van der Waals surface area contributed by atoms with Gasteiger partial charge < -0.3 is 4.90 Å². The van der Waals surface area contributed by atoms with E-state index in [0.29, 0.717) is 19.0 Å². The molecule has 1 saturated carbocycles. The molecule has 1 saturated heterocycles. The predicted molar refractivity (Wildman–Crippen MR) is 109 cm³/mol. The maximum atomic E-state index is 13.5. The van der Waals surface area contributed by atoms with Crippen LogP contribution in [0.4, 0.5) is 8.78 Å². The van der Waals surface area contributed by atoms with Gasteiger partial charge in [-0.15, -0.1) is 0 Å². The van der Waals surface area contributed by atoms with E-state index in [9.17, 15) is 13.6 Å². The van der Waals surface area contributed by atoms with Crippen LogP contribution in [-0.4, -0.2) is 41.9 Å². The summed E-state index contributed by atoms with van der Waals surface area (Å²) < 4.78 is 26.9. The van der Waals surface area contributed by atoms with Crippen LogP contribution in [0.15, 0.2) is 48.5 Å². The molecule has 1 heterocycles. The fourth-order valence-electron chi connectivity index (χ4n) is 4.71. The molecule has 3 nitrogen and oxygen atoms in total. The van der Waals surface area contributed by atoms with E-state index in [-0.39, 0.29) is 23.6 Å². The Morgan fingerprint density at radius 1 is 0.759 bits per heavy atom. The Hall–Kier alpha value is -2.27. The van der Waals surface area contributed by atoms with Gasteiger partial charge in [0.05, 0.1) is 6.04 Å². The van der Waals surface area contributed by atoms with Crippen molar-refractivity contribution in [3.63, 3.8) is 0 Å². The van der Waals surface area contributed by atoms with Crippen molar-refractivity contribution in [3.05, 3.63) is 71.3 Å². The molecule has 5 heteroatoms. The lowest BCUT2D eigenvalue weighted by Crippen LogP contribution is -2.51. The molecule has 2 aromatic rings. The molecule has 2 aromatic carbocycles. The standard InChI is InChI=1S/C24H28F2N2O/c25-21-10-6-18(7-11-21)23(19-8-12-22(26)13-9-19)27-14-16-28(17-15-27)24(29)20-4-2-1-3-5-20/h6-13,20,23H,1-5,14-17H2. The Kier molecular flexibility index (Phi) is 6.24. The van der Waals surface area contributed by atoms with Gasteiger partial charge in [0.2, 0.25) is 5.91 Å². The smallest absolute Gasteiger partial charge is 0.225 e. The molecule has 2 aliphatic rings. The second-order valence-electron chi connectivity index (χ2n) is 8.20. The number of rotatable bonds is 4. The molecule has 0 aromatic heterocycles. The quantitative estimate of drug-likeness (QED) is 0.740. The van der Waals surface area contributed by atoms with E-state index in [1.807, 2.05) is 4.90 Å². The Morgan fingerprint density at radius 3 is 1.72 bits per heavy atom. The fourth-order valence-corrected chi connectivity index (χ4v) is 4.71. The molecule has 2 fully saturated rings. The van der Waals surface area contributed by atoms with Crippen LogP contribution in [0.25, 0.3) is 0 Å². The van der Waals surface area contributed by atoms with Crippen molar-refractivity contribution < 1.29 is 13.6 Å². The summed E-state index contributed by atoms with van der Waals surface area (Å²) in [5.41, 5.74) is 1.95. The average Bonchev–Trinajstić information content (AvgIpc) is 2.77. The lowest BCUT2D eigenvalue weighted by molar-refractivity contribution is -0.138. The molecular formula is C24H28F2N2O. The Bertz CT molecular complexity index is 762. The van der Waals surface area contributed by atoms with Crippen molar-refractivity contribution in [2.45, 2.75) is 38.1 Å². The number of nitrogens with zero attached hydrogens (tertiary/aromatic N) is 2. The molecule has 0 unspecified atom stereocenters. The summed E-state index contributed by atoms with van der Waals surface area (Å²) in [6, 6.07) is 13.0. The first-order chi connectivity index (χ1) is 14.1. The van der Waals surface area contributed by atoms with Crippen LogP contribution in [-0.2, 0) is 4.79 Å². The third-order valence-corrected chi connectivity index (χ3v) is 6.32. The average molecular weight is 398 g/mol. The molecule has 29 heavy (non-hydrogen) atoms. The normalized spacial score (nSPS) is 18.9. The third-order valence-electron chi connectivity index (χ3n) is 6.32. The van der Waals surface area contributed by atoms with Crippen molar-refractivity contribution in [2.24, 2.45) is 5.92 Å². The third kappa shape index (κ3) is 4.67. The van der Waals surface area contributed by atoms with E-state index in [0.717, 1.165) is 49.9 Å². The molecule has 1 aliphatic carbocycles. The lowest BCUT2D eigenvalue weighted by atomic mass is 9.88. The van der Waals surface area contributed by atoms with Gasteiger partial charge in [0, 0.05) is 32.1 Å². The van der Waals surface area contributed by atoms with Crippen LogP contribution < -0.4 is 0 Å². The first kappa shape index (κ1) is 20.0. The van der Waals surface area contributed by atoms with Crippen LogP contribution in [0.1, 0.15) is 49.3 Å². The van der Waals surface area contributed by atoms with E-state index in [1.165, 1.54) is 30.7 Å². The van der Waals surface area contributed by atoms with Gasteiger partial charge in [-0.3, -0.25) is 9.69 Å². The van der Waals surface area contributed by atoms with Gasteiger partial charge in [0.1, 0.15) is 11.6 Å². The molecule has 0 spiro atoms. The minimum absolute atomic E-state index is 0.0804. The number of carbonyl (C=O) groups is 1. The number of benzene rings is 2. The fraction of sp³-hybridized carbons (Fsp3) is 0.458. The highest BCUT2D eigenvalue weighted by molar-refractivity contribution is 5.79. The second kappa shape index (κ2) is 9.04. The highest BCUT2D eigenvalue weighted by Crippen LogP contribution is 2.31. The summed E-state index contributed by atoms with van der Waals surface area (Å²) in [5.74, 6) is -0.0335. The molecule has 0 atom stereocenters. The monoisotopic (exact) mass is 398 g/mol.